The Balaban J connectivity index is 2.83. The first kappa shape index (κ1) is 5.67. The zero-order valence-electron chi connectivity index (χ0n) is 4.20. The van der Waals surface area contributed by atoms with Crippen LogP contribution < -0.4 is 3.82 Å². The molecule has 0 N–H and O–H groups in total. The van der Waals surface area contributed by atoms with Crippen LogP contribution in [0.2, 0.25) is 0 Å². The standard InChI is InChI=1S/C6H5OSe/c8-7-6-4-2-1-3-5-6/h1-5H. The second-order valence-electron chi connectivity index (χ2n) is 1.40. The van der Waals surface area contributed by atoms with Crippen molar-refractivity contribution in [2.24, 2.45) is 0 Å². The van der Waals surface area contributed by atoms with E-state index in [1.807, 2.05) is 30.3 Å². The molecule has 0 fully saturated rings. The van der Waals surface area contributed by atoms with Gasteiger partial charge in [0.05, 0.1) is 0 Å². The minimum atomic E-state index is 0.854. The Kier molecular flexibility index (Phi) is 1.95. The maximum absolute atomic E-state index is 4.79. The summed E-state index contributed by atoms with van der Waals surface area (Å²) in [6.07, 6.45) is 0. The molecular weight excluding hydrogens is 167 g/mol. The quantitative estimate of drug-likeness (QED) is 0.577. The molecule has 1 nitrogen and oxygen atoms in total. The second-order valence-corrected chi connectivity index (χ2v) is 1.75. The summed E-state index contributed by atoms with van der Waals surface area (Å²) in [5.74, 6) is 0.854. The molecule has 0 aliphatic heterocycles. The van der Waals surface area contributed by atoms with E-state index in [2.05, 4.69) is 16.3 Å². The van der Waals surface area contributed by atoms with Gasteiger partial charge in [-0.3, -0.25) is 0 Å². The van der Waals surface area contributed by atoms with E-state index in [-0.39, 0.29) is 0 Å². The van der Waals surface area contributed by atoms with Crippen LogP contribution >= 0.6 is 0 Å². The van der Waals surface area contributed by atoms with Gasteiger partial charge in [0.15, 0.2) is 0 Å². The monoisotopic (exact) mass is 173 g/mol. The SMILES string of the molecule is [Se]Oc1ccccc1. The molecule has 1 rings (SSSR count). The third-order valence-corrected chi connectivity index (χ3v) is 1.24. The first-order chi connectivity index (χ1) is 3.93. The zero-order valence-corrected chi connectivity index (χ0v) is 5.92. The van der Waals surface area contributed by atoms with Crippen molar-refractivity contribution in [1.29, 1.82) is 0 Å². The van der Waals surface area contributed by atoms with Crippen LogP contribution in [0.3, 0.4) is 0 Å². The van der Waals surface area contributed by atoms with Gasteiger partial charge in [-0.05, 0) is 0 Å². The molecule has 0 atom stereocenters. The Morgan fingerprint density at radius 2 is 1.75 bits per heavy atom. The molecule has 1 aromatic rings. The molecule has 0 unspecified atom stereocenters. The van der Waals surface area contributed by atoms with Crippen molar-refractivity contribution in [3.8, 4) is 5.75 Å². The van der Waals surface area contributed by atoms with Crippen LogP contribution in [0.25, 0.3) is 0 Å². The number of benzene rings is 1. The number of hydrogen-bond acceptors (Lipinski definition) is 1. The summed E-state index contributed by atoms with van der Waals surface area (Å²) in [7, 11) is 0. The van der Waals surface area contributed by atoms with Gasteiger partial charge in [-0.2, -0.15) is 0 Å². The average Bonchev–Trinajstić information content (AvgIpc) is 1.90. The van der Waals surface area contributed by atoms with E-state index in [9.17, 15) is 0 Å². The van der Waals surface area contributed by atoms with E-state index in [0.29, 0.717) is 0 Å². The molecule has 0 aromatic heterocycles. The average molecular weight is 172 g/mol. The van der Waals surface area contributed by atoms with E-state index in [1.165, 1.54) is 0 Å². The molecule has 1 radical (unpaired) electrons. The van der Waals surface area contributed by atoms with Gasteiger partial charge in [0.25, 0.3) is 0 Å². The third-order valence-electron chi connectivity index (χ3n) is 0.839. The fourth-order valence-corrected chi connectivity index (χ4v) is 0.709. The first-order valence-corrected chi connectivity index (χ1v) is 2.98. The summed E-state index contributed by atoms with van der Waals surface area (Å²) in [6, 6.07) is 9.56. The fraction of sp³-hybridized carbons (Fsp3) is 0. The van der Waals surface area contributed by atoms with E-state index in [0.717, 1.165) is 5.75 Å². The van der Waals surface area contributed by atoms with Gasteiger partial charge in [0.1, 0.15) is 0 Å². The molecule has 0 bridgehead atoms. The summed E-state index contributed by atoms with van der Waals surface area (Å²) in [5, 5.41) is 0. The minimum absolute atomic E-state index is 0.854. The van der Waals surface area contributed by atoms with E-state index in [4.69, 9.17) is 3.82 Å². The predicted octanol–water partition coefficient (Wildman–Crippen LogP) is 1.15. The number of rotatable bonds is 1. The Morgan fingerprint density at radius 3 is 2.12 bits per heavy atom. The van der Waals surface area contributed by atoms with Gasteiger partial charge in [-0.25, -0.2) is 0 Å². The molecule has 0 amide bonds. The van der Waals surface area contributed by atoms with Crippen molar-refractivity contribution < 1.29 is 3.82 Å². The molecule has 0 aliphatic rings. The molecule has 0 saturated carbocycles. The number of para-hydroxylation sites is 1. The third kappa shape index (κ3) is 1.25. The van der Waals surface area contributed by atoms with Crippen molar-refractivity contribution in [2.75, 3.05) is 0 Å². The zero-order chi connectivity index (χ0) is 5.82. The molecule has 41 valence electrons. The molecule has 2 heteroatoms. The predicted molar refractivity (Wildman–Crippen MR) is 32.8 cm³/mol. The van der Waals surface area contributed by atoms with Crippen LogP contribution in [0, 0.1) is 0 Å². The summed E-state index contributed by atoms with van der Waals surface area (Å²) >= 11 is 2.46. The van der Waals surface area contributed by atoms with Gasteiger partial charge < -0.3 is 0 Å². The second kappa shape index (κ2) is 2.75. The number of hydrogen-bond donors (Lipinski definition) is 0. The van der Waals surface area contributed by atoms with Crippen LogP contribution in [-0.2, 0) is 0 Å². The molecule has 8 heavy (non-hydrogen) atoms. The Hall–Kier alpha value is -0.461. The van der Waals surface area contributed by atoms with Crippen molar-refractivity contribution in [3.63, 3.8) is 0 Å². The summed E-state index contributed by atoms with van der Waals surface area (Å²) in [6.45, 7) is 0. The summed E-state index contributed by atoms with van der Waals surface area (Å²) < 4.78 is 4.79. The molecule has 0 aliphatic carbocycles. The van der Waals surface area contributed by atoms with Crippen LogP contribution in [0.4, 0.5) is 0 Å². The van der Waals surface area contributed by atoms with E-state index < -0.39 is 0 Å². The van der Waals surface area contributed by atoms with Crippen LogP contribution in [0.5, 0.6) is 5.75 Å². The molecule has 0 saturated heterocycles. The summed E-state index contributed by atoms with van der Waals surface area (Å²) in [5.41, 5.74) is 0. The van der Waals surface area contributed by atoms with E-state index in [1.54, 1.807) is 0 Å². The maximum atomic E-state index is 4.79. The van der Waals surface area contributed by atoms with Crippen molar-refractivity contribution in [2.45, 2.75) is 0 Å². The Morgan fingerprint density at radius 1 is 1.12 bits per heavy atom. The van der Waals surface area contributed by atoms with Gasteiger partial charge in [-0.15, -0.1) is 0 Å². The fourth-order valence-electron chi connectivity index (χ4n) is 0.476. The molecule has 0 heterocycles. The van der Waals surface area contributed by atoms with Crippen LogP contribution in [-0.4, -0.2) is 16.3 Å². The van der Waals surface area contributed by atoms with Gasteiger partial charge in [-0.1, -0.05) is 0 Å². The molecular formula is C6H5OSe. The topological polar surface area (TPSA) is 9.23 Å². The van der Waals surface area contributed by atoms with E-state index >= 15 is 0 Å². The van der Waals surface area contributed by atoms with Gasteiger partial charge >= 0.3 is 56.2 Å². The van der Waals surface area contributed by atoms with Gasteiger partial charge in [0, 0.05) is 0 Å². The molecule has 1 aromatic carbocycles. The summed E-state index contributed by atoms with van der Waals surface area (Å²) in [4.78, 5) is 0. The van der Waals surface area contributed by atoms with Gasteiger partial charge in [0.2, 0.25) is 0 Å². The normalized spacial score (nSPS) is 8.62. The first-order valence-electron chi connectivity index (χ1n) is 2.28. The van der Waals surface area contributed by atoms with Crippen molar-refractivity contribution >= 4 is 16.3 Å². The van der Waals surface area contributed by atoms with Crippen LogP contribution in [0.15, 0.2) is 30.3 Å². The Bertz CT molecular complexity index is 150. The Labute approximate surface area is 56.8 Å². The van der Waals surface area contributed by atoms with Crippen molar-refractivity contribution in [1.82, 2.24) is 0 Å². The van der Waals surface area contributed by atoms with Crippen molar-refractivity contribution in [3.05, 3.63) is 30.3 Å². The molecule has 0 spiro atoms. The van der Waals surface area contributed by atoms with Crippen LogP contribution in [0.1, 0.15) is 0 Å².